The molecule has 29 heavy (non-hydrogen) atoms. The van der Waals surface area contributed by atoms with Crippen molar-refractivity contribution >= 4 is 32.3 Å². The van der Waals surface area contributed by atoms with E-state index in [9.17, 15) is 9.90 Å². The van der Waals surface area contributed by atoms with Crippen LogP contribution in [-0.2, 0) is 6.42 Å². The number of likely N-dealkylation sites (tertiary alicyclic amines) is 1. The summed E-state index contributed by atoms with van der Waals surface area (Å²) in [6.07, 6.45) is 5.04. The molecule has 0 atom stereocenters. The van der Waals surface area contributed by atoms with E-state index in [-0.39, 0.29) is 11.3 Å². The van der Waals surface area contributed by atoms with Crippen LogP contribution in [0.15, 0.2) is 52.6 Å². The maximum atomic E-state index is 12.3. The number of benzene rings is 2. The molecule has 2 N–H and O–H groups in total. The van der Waals surface area contributed by atoms with Crippen molar-refractivity contribution in [2.45, 2.75) is 25.7 Å². The van der Waals surface area contributed by atoms with Gasteiger partial charge in [-0.2, -0.15) is 0 Å². The number of phenolic OH excluding ortho intramolecular Hbond substituents is 1. The summed E-state index contributed by atoms with van der Waals surface area (Å²) in [6.45, 7) is 3.54. The van der Waals surface area contributed by atoms with Gasteiger partial charge in [-0.1, -0.05) is 30.7 Å². The first-order valence-corrected chi connectivity index (χ1v) is 11.2. The molecule has 0 aliphatic carbocycles. The van der Waals surface area contributed by atoms with Crippen LogP contribution in [0.1, 0.15) is 24.8 Å². The Kier molecular flexibility index (Phi) is 4.86. The number of aromatic hydroxyl groups is 1. The predicted molar refractivity (Wildman–Crippen MR) is 121 cm³/mol. The molecule has 4 nitrogen and oxygen atoms in total. The number of phenols is 1. The van der Waals surface area contributed by atoms with Crippen LogP contribution in [0.3, 0.4) is 0 Å². The minimum atomic E-state index is -0.0767. The number of nitrogens with one attached hydrogen (secondary N) is 1. The summed E-state index contributed by atoms with van der Waals surface area (Å²) in [7, 11) is 0. The molecule has 2 aromatic heterocycles. The third-order valence-electron chi connectivity index (χ3n) is 5.98. The van der Waals surface area contributed by atoms with Crippen molar-refractivity contribution in [1.29, 1.82) is 0 Å². The van der Waals surface area contributed by atoms with E-state index in [1.165, 1.54) is 49.3 Å². The Labute approximate surface area is 173 Å². The maximum absolute atomic E-state index is 12.3. The molecule has 5 rings (SSSR count). The van der Waals surface area contributed by atoms with Gasteiger partial charge >= 0.3 is 0 Å². The van der Waals surface area contributed by atoms with E-state index >= 15 is 0 Å². The fourth-order valence-corrected chi connectivity index (χ4v) is 5.23. The van der Waals surface area contributed by atoms with Crippen LogP contribution in [0.25, 0.3) is 32.1 Å². The minimum absolute atomic E-state index is 0.0767. The molecule has 0 spiro atoms. The highest BCUT2D eigenvalue weighted by atomic mass is 32.1. The molecule has 0 radical (unpaired) electrons. The molecule has 0 bridgehead atoms. The first kappa shape index (κ1) is 18.4. The SMILES string of the molecule is O=c1[nH]c2ccc(O)c(-c3ccc(CCN4CCCCC4)cc3)c2c2ccsc12. The first-order valence-electron chi connectivity index (χ1n) is 10.3. The van der Waals surface area contributed by atoms with Crippen LogP contribution in [-0.4, -0.2) is 34.6 Å². The second kappa shape index (κ2) is 7.65. The van der Waals surface area contributed by atoms with E-state index < -0.39 is 0 Å². The zero-order chi connectivity index (χ0) is 19.8. The summed E-state index contributed by atoms with van der Waals surface area (Å²) in [6, 6.07) is 13.9. The molecule has 5 heteroatoms. The lowest BCUT2D eigenvalue weighted by Crippen LogP contribution is -2.31. The summed E-state index contributed by atoms with van der Waals surface area (Å²) in [5.41, 5.74) is 3.74. The van der Waals surface area contributed by atoms with Crippen molar-refractivity contribution in [3.05, 3.63) is 63.8 Å². The van der Waals surface area contributed by atoms with E-state index in [0.29, 0.717) is 4.70 Å². The van der Waals surface area contributed by atoms with Crippen LogP contribution in [0.2, 0.25) is 0 Å². The van der Waals surface area contributed by atoms with Crippen LogP contribution in [0.5, 0.6) is 5.75 Å². The Morgan fingerprint density at radius 3 is 2.59 bits per heavy atom. The number of fused-ring (bicyclic) bond motifs is 3. The lowest BCUT2D eigenvalue weighted by atomic mass is 9.96. The second-order valence-electron chi connectivity index (χ2n) is 7.85. The molecule has 4 aromatic rings. The molecule has 148 valence electrons. The smallest absolute Gasteiger partial charge is 0.266 e. The van der Waals surface area contributed by atoms with Gasteiger partial charge in [-0.3, -0.25) is 4.79 Å². The normalized spacial score (nSPS) is 15.3. The molecule has 3 heterocycles. The molecule has 2 aromatic carbocycles. The quantitative estimate of drug-likeness (QED) is 0.495. The zero-order valence-electron chi connectivity index (χ0n) is 16.3. The molecule has 0 saturated carbocycles. The maximum Gasteiger partial charge on any atom is 0.266 e. The van der Waals surface area contributed by atoms with E-state index in [4.69, 9.17) is 0 Å². The lowest BCUT2D eigenvalue weighted by Gasteiger charge is -2.26. The number of nitrogens with zero attached hydrogens (tertiary/aromatic N) is 1. The Bertz CT molecular complexity index is 1220. The summed E-state index contributed by atoms with van der Waals surface area (Å²) in [4.78, 5) is 17.8. The number of hydrogen-bond donors (Lipinski definition) is 2. The molecule has 0 unspecified atom stereocenters. The van der Waals surface area contributed by atoms with Crippen LogP contribution < -0.4 is 5.56 Å². The number of pyridine rings is 1. The largest absolute Gasteiger partial charge is 0.507 e. The van der Waals surface area contributed by atoms with Crippen LogP contribution in [0.4, 0.5) is 0 Å². The number of H-pyrrole nitrogens is 1. The van der Waals surface area contributed by atoms with Crippen molar-refractivity contribution in [3.8, 4) is 16.9 Å². The summed E-state index contributed by atoms with van der Waals surface area (Å²) in [5, 5.41) is 14.4. The summed E-state index contributed by atoms with van der Waals surface area (Å²) in [5.74, 6) is 0.234. The van der Waals surface area contributed by atoms with Crippen molar-refractivity contribution in [3.63, 3.8) is 0 Å². The van der Waals surface area contributed by atoms with Crippen molar-refractivity contribution in [1.82, 2.24) is 9.88 Å². The van der Waals surface area contributed by atoms with E-state index in [2.05, 4.69) is 34.1 Å². The van der Waals surface area contributed by atoms with Gasteiger partial charge in [0.15, 0.2) is 0 Å². The van der Waals surface area contributed by atoms with Gasteiger partial charge in [0.2, 0.25) is 0 Å². The summed E-state index contributed by atoms with van der Waals surface area (Å²) >= 11 is 1.43. The Balaban J connectivity index is 1.51. The van der Waals surface area contributed by atoms with Crippen molar-refractivity contribution in [2.75, 3.05) is 19.6 Å². The minimum Gasteiger partial charge on any atom is -0.507 e. The van der Waals surface area contributed by atoms with E-state index in [0.717, 1.165) is 40.4 Å². The number of hydrogen-bond acceptors (Lipinski definition) is 4. The van der Waals surface area contributed by atoms with Gasteiger partial charge in [0, 0.05) is 28.4 Å². The highest BCUT2D eigenvalue weighted by Gasteiger charge is 2.15. The number of piperidine rings is 1. The topological polar surface area (TPSA) is 56.3 Å². The number of aromatic amines is 1. The molecule has 0 amide bonds. The number of thiophene rings is 1. The fourth-order valence-electron chi connectivity index (χ4n) is 4.44. The van der Waals surface area contributed by atoms with Gasteiger partial charge < -0.3 is 15.0 Å². The highest BCUT2D eigenvalue weighted by molar-refractivity contribution is 7.17. The highest BCUT2D eigenvalue weighted by Crippen LogP contribution is 2.39. The van der Waals surface area contributed by atoms with E-state index in [1.54, 1.807) is 12.1 Å². The molecule has 1 saturated heterocycles. The van der Waals surface area contributed by atoms with Crippen molar-refractivity contribution in [2.24, 2.45) is 0 Å². The monoisotopic (exact) mass is 404 g/mol. The standard InChI is InChI=1S/C24H24N2O2S/c27-20-9-8-19-22(18-11-15-29-23(18)24(28)25-19)21(20)17-6-4-16(5-7-17)10-14-26-12-2-1-3-13-26/h4-9,11,15,27H,1-3,10,12-14H2,(H,25,28). The Morgan fingerprint density at radius 1 is 1.00 bits per heavy atom. The fraction of sp³-hybridized carbons (Fsp3) is 0.292. The van der Waals surface area contributed by atoms with E-state index in [1.807, 2.05) is 11.4 Å². The van der Waals surface area contributed by atoms with Gasteiger partial charge in [-0.05, 0) is 67.1 Å². The average Bonchev–Trinajstić information content (AvgIpc) is 3.25. The first-order chi connectivity index (χ1) is 14.2. The Hall–Kier alpha value is -2.63. The third kappa shape index (κ3) is 3.45. The van der Waals surface area contributed by atoms with Gasteiger partial charge in [-0.25, -0.2) is 0 Å². The molecule has 1 aliphatic rings. The molecular weight excluding hydrogens is 380 g/mol. The molecular formula is C24H24N2O2S. The Morgan fingerprint density at radius 2 is 1.79 bits per heavy atom. The predicted octanol–water partition coefficient (Wildman–Crippen LogP) is 5.14. The van der Waals surface area contributed by atoms with Gasteiger partial charge in [0.05, 0.1) is 0 Å². The van der Waals surface area contributed by atoms with Gasteiger partial charge in [0.25, 0.3) is 5.56 Å². The third-order valence-corrected chi connectivity index (χ3v) is 6.89. The molecule has 1 aliphatic heterocycles. The van der Waals surface area contributed by atoms with Crippen LogP contribution >= 0.6 is 11.3 Å². The molecule has 1 fully saturated rings. The van der Waals surface area contributed by atoms with Crippen molar-refractivity contribution < 1.29 is 5.11 Å². The second-order valence-corrected chi connectivity index (χ2v) is 8.77. The lowest BCUT2D eigenvalue weighted by molar-refractivity contribution is 0.231. The van der Waals surface area contributed by atoms with Gasteiger partial charge in [-0.15, -0.1) is 11.3 Å². The number of rotatable bonds is 4. The average molecular weight is 405 g/mol. The summed E-state index contributed by atoms with van der Waals surface area (Å²) < 4.78 is 0.697. The number of aromatic nitrogens is 1. The van der Waals surface area contributed by atoms with Gasteiger partial charge in [0.1, 0.15) is 10.4 Å². The zero-order valence-corrected chi connectivity index (χ0v) is 17.1. The van der Waals surface area contributed by atoms with Crippen LogP contribution in [0, 0.1) is 0 Å².